The van der Waals surface area contributed by atoms with E-state index >= 15 is 0 Å². The van der Waals surface area contributed by atoms with Crippen molar-refractivity contribution in [3.63, 3.8) is 0 Å². The summed E-state index contributed by atoms with van der Waals surface area (Å²) in [7, 11) is -4.23. The Morgan fingerprint density at radius 3 is 2.11 bits per heavy atom. The topological polar surface area (TPSA) is 86.8 Å². The summed E-state index contributed by atoms with van der Waals surface area (Å²) in [5, 5.41) is 2.77. The molecule has 2 amide bonds. The average molecular weight is 526 g/mol. The first-order valence-electron chi connectivity index (χ1n) is 12.1. The molecule has 3 rings (SSSR count). The molecule has 0 aliphatic rings. The van der Waals surface area contributed by atoms with E-state index in [-0.39, 0.29) is 23.0 Å². The number of rotatable bonds is 11. The van der Waals surface area contributed by atoms with Crippen molar-refractivity contribution >= 4 is 27.5 Å². The lowest BCUT2D eigenvalue weighted by atomic mass is 10.1. The van der Waals surface area contributed by atoms with Crippen LogP contribution in [0, 0.1) is 12.7 Å². The number of benzene rings is 3. The predicted molar refractivity (Wildman–Crippen MR) is 142 cm³/mol. The number of nitrogens with zero attached hydrogens (tertiary/aromatic N) is 2. The summed E-state index contributed by atoms with van der Waals surface area (Å²) in [5.41, 5.74) is 2.01. The molecule has 0 unspecified atom stereocenters. The van der Waals surface area contributed by atoms with E-state index in [0.29, 0.717) is 13.0 Å². The van der Waals surface area contributed by atoms with Crippen molar-refractivity contribution in [2.75, 3.05) is 17.4 Å². The Bertz CT molecular complexity index is 1300. The monoisotopic (exact) mass is 525 g/mol. The zero-order chi connectivity index (χ0) is 27.0. The fourth-order valence-electron chi connectivity index (χ4n) is 3.97. The van der Waals surface area contributed by atoms with E-state index < -0.39 is 34.3 Å². The second kappa shape index (κ2) is 12.5. The molecule has 37 heavy (non-hydrogen) atoms. The lowest BCUT2D eigenvalue weighted by molar-refractivity contribution is -0.140. The lowest BCUT2D eigenvalue weighted by Crippen LogP contribution is -2.52. The number of carbonyl (C=O) groups is 2. The van der Waals surface area contributed by atoms with Crippen molar-refractivity contribution < 1.29 is 22.4 Å². The second-order valence-electron chi connectivity index (χ2n) is 8.63. The van der Waals surface area contributed by atoms with Crippen LogP contribution < -0.4 is 9.62 Å². The molecule has 0 spiro atoms. The van der Waals surface area contributed by atoms with E-state index in [2.05, 4.69) is 5.32 Å². The Kier molecular flexibility index (Phi) is 9.41. The van der Waals surface area contributed by atoms with Gasteiger partial charge in [-0.05, 0) is 62.2 Å². The van der Waals surface area contributed by atoms with Gasteiger partial charge in [0.2, 0.25) is 11.8 Å². The van der Waals surface area contributed by atoms with E-state index in [1.807, 2.05) is 37.3 Å². The number of likely N-dealkylation sites (N-methyl/N-ethyl adjacent to an activating group) is 1. The summed E-state index contributed by atoms with van der Waals surface area (Å²) >= 11 is 0. The molecule has 0 bridgehead atoms. The largest absolute Gasteiger partial charge is 0.355 e. The lowest BCUT2D eigenvalue weighted by Gasteiger charge is -2.33. The molecule has 1 atom stereocenters. The molecule has 196 valence electrons. The van der Waals surface area contributed by atoms with Gasteiger partial charge in [0, 0.05) is 13.1 Å². The first-order valence-corrected chi connectivity index (χ1v) is 13.6. The van der Waals surface area contributed by atoms with Crippen LogP contribution in [-0.4, -0.2) is 44.3 Å². The van der Waals surface area contributed by atoms with Crippen LogP contribution >= 0.6 is 0 Å². The third-order valence-electron chi connectivity index (χ3n) is 5.94. The molecule has 3 aromatic carbocycles. The van der Waals surface area contributed by atoms with Gasteiger partial charge < -0.3 is 10.2 Å². The number of nitrogens with one attached hydrogen (secondary N) is 1. The first-order chi connectivity index (χ1) is 17.7. The molecule has 0 aliphatic heterocycles. The van der Waals surface area contributed by atoms with Crippen molar-refractivity contribution in [3.8, 4) is 0 Å². The minimum atomic E-state index is -4.23. The smallest absolute Gasteiger partial charge is 0.264 e. The molecule has 0 saturated heterocycles. The van der Waals surface area contributed by atoms with Gasteiger partial charge in [0.1, 0.15) is 18.4 Å². The van der Waals surface area contributed by atoms with Gasteiger partial charge in [0.15, 0.2) is 0 Å². The first kappa shape index (κ1) is 27.9. The van der Waals surface area contributed by atoms with Crippen LogP contribution in [0.2, 0.25) is 0 Å². The highest BCUT2D eigenvalue weighted by molar-refractivity contribution is 7.92. The minimum absolute atomic E-state index is 0.133. The van der Waals surface area contributed by atoms with Crippen LogP contribution in [0.4, 0.5) is 10.1 Å². The van der Waals surface area contributed by atoms with Crippen molar-refractivity contribution in [2.45, 2.75) is 44.7 Å². The van der Waals surface area contributed by atoms with Gasteiger partial charge in [-0.15, -0.1) is 0 Å². The van der Waals surface area contributed by atoms with Crippen LogP contribution in [0.5, 0.6) is 0 Å². The van der Waals surface area contributed by atoms with Crippen molar-refractivity contribution in [1.29, 1.82) is 0 Å². The number of sulfonamides is 1. The fourth-order valence-corrected chi connectivity index (χ4v) is 5.38. The number of aryl methyl sites for hydroxylation is 1. The minimum Gasteiger partial charge on any atom is -0.355 e. The van der Waals surface area contributed by atoms with Crippen LogP contribution in [-0.2, 0) is 26.2 Å². The Labute approximate surface area is 218 Å². The van der Waals surface area contributed by atoms with Crippen molar-refractivity contribution in [2.24, 2.45) is 0 Å². The molecule has 0 aromatic heterocycles. The standard InChI is InChI=1S/C28H32FN3O4S/c1-4-26(28(34)30-5-2)31(19-22-9-7-6-8-10-22)27(33)20-32(24-15-11-21(3)12-16-24)37(35,36)25-17-13-23(29)14-18-25/h6-18,26H,4-5,19-20H2,1-3H3,(H,30,34)/t26-/m1/s1. The Morgan fingerprint density at radius 1 is 0.919 bits per heavy atom. The fraction of sp³-hybridized carbons (Fsp3) is 0.286. The Hall–Kier alpha value is -3.72. The number of halogens is 1. The van der Waals surface area contributed by atoms with Crippen molar-refractivity contribution in [1.82, 2.24) is 10.2 Å². The summed E-state index contributed by atoms with van der Waals surface area (Å²) in [6, 6.07) is 19.6. The molecule has 0 saturated carbocycles. The predicted octanol–water partition coefficient (Wildman–Crippen LogP) is 4.27. The maximum absolute atomic E-state index is 13.8. The maximum Gasteiger partial charge on any atom is 0.264 e. The zero-order valence-electron chi connectivity index (χ0n) is 21.2. The van der Waals surface area contributed by atoms with Crippen LogP contribution in [0.25, 0.3) is 0 Å². The average Bonchev–Trinajstić information content (AvgIpc) is 2.88. The number of carbonyl (C=O) groups excluding carboxylic acids is 2. The summed E-state index contributed by atoms with van der Waals surface area (Å²) < 4.78 is 41.9. The zero-order valence-corrected chi connectivity index (χ0v) is 22.0. The van der Waals surface area contributed by atoms with E-state index in [4.69, 9.17) is 0 Å². The third kappa shape index (κ3) is 6.95. The van der Waals surface area contributed by atoms with Crippen LogP contribution in [0.1, 0.15) is 31.4 Å². The highest BCUT2D eigenvalue weighted by atomic mass is 32.2. The van der Waals surface area contributed by atoms with E-state index in [0.717, 1.165) is 27.6 Å². The number of hydrogen-bond donors (Lipinski definition) is 1. The summed E-state index contributed by atoms with van der Waals surface area (Å²) in [6.07, 6.45) is 0.347. The Balaban J connectivity index is 2.04. The van der Waals surface area contributed by atoms with Gasteiger partial charge in [-0.25, -0.2) is 12.8 Å². The van der Waals surface area contributed by atoms with Gasteiger partial charge in [-0.1, -0.05) is 55.0 Å². The highest BCUT2D eigenvalue weighted by Crippen LogP contribution is 2.25. The molecule has 0 radical (unpaired) electrons. The molecular formula is C28H32FN3O4S. The number of hydrogen-bond acceptors (Lipinski definition) is 4. The number of amides is 2. The molecule has 0 fully saturated rings. The van der Waals surface area contributed by atoms with E-state index in [1.165, 1.54) is 17.0 Å². The Morgan fingerprint density at radius 2 is 1.54 bits per heavy atom. The normalized spacial score (nSPS) is 12.0. The van der Waals surface area contributed by atoms with Gasteiger partial charge in [0.25, 0.3) is 10.0 Å². The summed E-state index contributed by atoms with van der Waals surface area (Å²) in [5.74, 6) is -1.41. The van der Waals surface area contributed by atoms with Gasteiger partial charge >= 0.3 is 0 Å². The van der Waals surface area contributed by atoms with Gasteiger partial charge in [-0.2, -0.15) is 0 Å². The van der Waals surface area contributed by atoms with Crippen molar-refractivity contribution in [3.05, 3.63) is 95.8 Å². The van der Waals surface area contributed by atoms with E-state index in [9.17, 15) is 22.4 Å². The molecular weight excluding hydrogens is 493 g/mol. The molecule has 1 N–H and O–H groups in total. The second-order valence-corrected chi connectivity index (χ2v) is 10.5. The van der Waals surface area contributed by atoms with Crippen LogP contribution in [0.15, 0.2) is 83.8 Å². The highest BCUT2D eigenvalue weighted by Gasteiger charge is 2.33. The van der Waals surface area contributed by atoms with Gasteiger partial charge in [0.05, 0.1) is 10.6 Å². The molecule has 9 heteroatoms. The SMILES string of the molecule is CCNC(=O)[C@@H](CC)N(Cc1ccccc1)C(=O)CN(c1ccc(C)cc1)S(=O)(=O)c1ccc(F)cc1. The quantitative estimate of drug-likeness (QED) is 0.405. The van der Waals surface area contributed by atoms with Gasteiger partial charge in [-0.3, -0.25) is 13.9 Å². The molecule has 0 aliphatic carbocycles. The molecule has 3 aromatic rings. The molecule has 0 heterocycles. The maximum atomic E-state index is 13.8. The summed E-state index contributed by atoms with van der Waals surface area (Å²) in [6.45, 7) is 5.46. The third-order valence-corrected chi connectivity index (χ3v) is 7.72. The number of anilines is 1. The summed E-state index contributed by atoms with van der Waals surface area (Å²) in [4.78, 5) is 28.0. The van der Waals surface area contributed by atoms with E-state index in [1.54, 1.807) is 38.1 Å². The van der Waals surface area contributed by atoms with Crippen LogP contribution in [0.3, 0.4) is 0 Å². The molecule has 7 nitrogen and oxygen atoms in total.